The van der Waals surface area contributed by atoms with Crippen LogP contribution in [0.15, 0.2) is 54.6 Å². The van der Waals surface area contributed by atoms with Gasteiger partial charge < -0.3 is 10.0 Å². The smallest absolute Gasteiger partial charge is 0.253 e. The van der Waals surface area contributed by atoms with Crippen LogP contribution in [-0.4, -0.2) is 47.0 Å². The molecule has 2 aliphatic heterocycles. The molecule has 4 heteroatoms. The van der Waals surface area contributed by atoms with E-state index in [1.54, 1.807) is 4.90 Å². The molecule has 2 aliphatic rings. The second-order valence-electron chi connectivity index (χ2n) is 7.91. The summed E-state index contributed by atoms with van der Waals surface area (Å²) < 4.78 is 0. The van der Waals surface area contributed by atoms with Crippen molar-refractivity contribution in [1.82, 2.24) is 9.80 Å². The Morgan fingerprint density at radius 1 is 0.926 bits per heavy atom. The van der Waals surface area contributed by atoms with Gasteiger partial charge in [0.15, 0.2) is 0 Å². The number of piperidine rings is 1. The maximum Gasteiger partial charge on any atom is 0.253 e. The van der Waals surface area contributed by atoms with Crippen LogP contribution in [0.1, 0.15) is 47.2 Å². The van der Waals surface area contributed by atoms with E-state index in [1.807, 2.05) is 42.5 Å². The van der Waals surface area contributed by atoms with Crippen molar-refractivity contribution in [3.63, 3.8) is 0 Å². The van der Waals surface area contributed by atoms with Crippen LogP contribution in [0.4, 0.5) is 0 Å². The first-order valence-corrected chi connectivity index (χ1v) is 10.0. The molecule has 1 N–H and O–H groups in total. The fourth-order valence-corrected chi connectivity index (χ4v) is 4.26. The minimum absolute atomic E-state index is 0.00591. The van der Waals surface area contributed by atoms with Gasteiger partial charge in [0.2, 0.25) is 0 Å². The standard InChI is InChI=1S/C23H28N2O2/c26-22(25-16-13-23(27,18-25)21-7-3-1-4-8-21)20-11-9-19(10-12-20)17-24-14-5-2-6-15-24/h1,3-4,7-12,27H,2,5-6,13-18H2/t23-/m0/s1. The van der Waals surface area contributed by atoms with E-state index in [-0.39, 0.29) is 5.91 Å². The molecule has 1 atom stereocenters. The van der Waals surface area contributed by atoms with Gasteiger partial charge in [-0.3, -0.25) is 9.69 Å². The molecule has 4 rings (SSSR count). The van der Waals surface area contributed by atoms with Gasteiger partial charge in [-0.05, 0) is 55.6 Å². The molecule has 0 bridgehead atoms. The van der Waals surface area contributed by atoms with Crippen molar-refractivity contribution >= 4 is 5.91 Å². The van der Waals surface area contributed by atoms with Gasteiger partial charge in [0.1, 0.15) is 5.60 Å². The van der Waals surface area contributed by atoms with Crippen LogP contribution in [0, 0.1) is 0 Å². The van der Waals surface area contributed by atoms with Crippen LogP contribution < -0.4 is 0 Å². The molecule has 4 nitrogen and oxygen atoms in total. The number of carbonyl (C=O) groups is 1. The van der Waals surface area contributed by atoms with E-state index < -0.39 is 5.60 Å². The molecule has 2 aromatic rings. The van der Waals surface area contributed by atoms with Gasteiger partial charge in [-0.2, -0.15) is 0 Å². The Morgan fingerprint density at radius 3 is 2.33 bits per heavy atom. The highest BCUT2D eigenvalue weighted by Gasteiger charge is 2.39. The second kappa shape index (κ2) is 7.83. The van der Waals surface area contributed by atoms with Crippen LogP contribution in [0.3, 0.4) is 0 Å². The van der Waals surface area contributed by atoms with Crippen LogP contribution >= 0.6 is 0 Å². The second-order valence-corrected chi connectivity index (χ2v) is 7.91. The van der Waals surface area contributed by atoms with E-state index in [1.165, 1.54) is 37.9 Å². The molecule has 0 unspecified atom stereocenters. The number of likely N-dealkylation sites (tertiary alicyclic amines) is 2. The van der Waals surface area contributed by atoms with Crippen molar-refractivity contribution in [1.29, 1.82) is 0 Å². The number of carbonyl (C=O) groups excluding carboxylic acids is 1. The number of hydrogen-bond donors (Lipinski definition) is 1. The Kier molecular flexibility index (Phi) is 5.28. The normalized spacial score (nSPS) is 23.5. The van der Waals surface area contributed by atoms with E-state index in [4.69, 9.17) is 0 Å². The SMILES string of the molecule is O=C(c1ccc(CN2CCCCC2)cc1)N1CC[C@@](O)(c2ccccc2)C1. The molecule has 0 aliphatic carbocycles. The third-order valence-electron chi connectivity index (χ3n) is 5.90. The average Bonchev–Trinajstić information content (AvgIpc) is 3.13. The summed E-state index contributed by atoms with van der Waals surface area (Å²) in [6.45, 7) is 4.25. The zero-order valence-electron chi connectivity index (χ0n) is 15.8. The van der Waals surface area contributed by atoms with E-state index in [9.17, 15) is 9.90 Å². The van der Waals surface area contributed by atoms with Crippen molar-refractivity contribution in [3.05, 3.63) is 71.3 Å². The molecule has 2 heterocycles. The first-order chi connectivity index (χ1) is 13.1. The zero-order chi connectivity index (χ0) is 18.7. The first-order valence-electron chi connectivity index (χ1n) is 10.0. The van der Waals surface area contributed by atoms with Crippen LogP contribution in [0.2, 0.25) is 0 Å². The molecule has 1 amide bonds. The summed E-state index contributed by atoms with van der Waals surface area (Å²) in [4.78, 5) is 17.1. The van der Waals surface area contributed by atoms with E-state index in [2.05, 4.69) is 17.0 Å². The maximum absolute atomic E-state index is 12.9. The Balaban J connectivity index is 1.39. The van der Waals surface area contributed by atoms with E-state index in [0.717, 1.165) is 12.1 Å². The summed E-state index contributed by atoms with van der Waals surface area (Å²) in [5.41, 5.74) is 1.91. The lowest BCUT2D eigenvalue weighted by Gasteiger charge is -2.26. The Labute approximate surface area is 161 Å². The summed E-state index contributed by atoms with van der Waals surface area (Å²) in [5, 5.41) is 11.0. The zero-order valence-corrected chi connectivity index (χ0v) is 15.8. The maximum atomic E-state index is 12.9. The lowest BCUT2D eigenvalue weighted by molar-refractivity contribution is 0.0417. The van der Waals surface area contributed by atoms with Crippen molar-refractivity contribution < 1.29 is 9.90 Å². The number of hydrogen-bond acceptors (Lipinski definition) is 3. The monoisotopic (exact) mass is 364 g/mol. The van der Waals surface area contributed by atoms with Crippen molar-refractivity contribution in [2.24, 2.45) is 0 Å². The van der Waals surface area contributed by atoms with Gasteiger partial charge in [-0.15, -0.1) is 0 Å². The molecule has 0 radical (unpaired) electrons. The molecule has 2 fully saturated rings. The number of amides is 1. The molecule has 27 heavy (non-hydrogen) atoms. The highest BCUT2D eigenvalue weighted by molar-refractivity contribution is 5.94. The Hall–Kier alpha value is -2.17. The lowest BCUT2D eigenvalue weighted by atomic mass is 9.93. The number of benzene rings is 2. The van der Waals surface area contributed by atoms with Gasteiger partial charge in [0.05, 0.1) is 6.54 Å². The molecule has 142 valence electrons. The predicted octanol–water partition coefficient (Wildman–Crippen LogP) is 3.41. The van der Waals surface area contributed by atoms with Crippen molar-refractivity contribution in [2.75, 3.05) is 26.2 Å². The van der Waals surface area contributed by atoms with E-state index in [0.29, 0.717) is 25.1 Å². The van der Waals surface area contributed by atoms with Crippen LogP contribution in [0.25, 0.3) is 0 Å². The number of aliphatic hydroxyl groups is 1. The summed E-state index contributed by atoms with van der Waals surface area (Å²) in [6, 6.07) is 17.7. The molecule has 2 aromatic carbocycles. The minimum atomic E-state index is -0.939. The fraction of sp³-hybridized carbons (Fsp3) is 0.435. The van der Waals surface area contributed by atoms with Gasteiger partial charge in [-0.1, -0.05) is 48.9 Å². The summed E-state index contributed by atoms with van der Waals surface area (Å²) in [5.74, 6) is 0.00591. The fourth-order valence-electron chi connectivity index (χ4n) is 4.26. The molecule has 0 aromatic heterocycles. The first kappa shape index (κ1) is 18.2. The Bertz CT molecular complexity index is 769. The third kappa shape index (κ3) is 4.07. The van der Waals surface area contributed by atoms with Crippen molar-refractivity contribution in [3.8, 4) is 0 Å². The third-order valence-corrected chi connectivity index (χ3v) is 5.90. The van der Waals surface area contributed by atoms with Crippen LogP contribution in [-0.2, 0) is 12.1 Å². The van der Waals surface area contributed by atoms with Gasteiger partial charge in [-0.25, -0.2) is 0 Å². The van der Waals surface area contributed by atoms with Gasteiger partial charge >= 0.3 is 0 Å². The van der Waals surface area contributed by atoms with Gasteiger partial charge in [0, 0.05) is 18.7 Å². The van der Waals surface area contributed by atoms with E-state index >= 15 is 0 Å². The van der Waals surface area contributed by atoms with Crippen molar-refractivity contribution in [2.45, 2.75) is 37.8 Å². The highest BCUT2D eigenvalue weighted by Crippen LogP contribution is 2.32. The highest BCUT2D eigenvalue weighted by atomic mass is 16.3. The summed E-state index contributed by atoms with van der Waals surface area (Å²) >= 11 is 0. The average molecular weight is 364 g/mol. The number of rotatable bonds is 4. The van der Waals surface area contributed by atoms with Crippen LogP contribution in [0.5, 0.6) is 0 Å². The number of β-amino-alcohol motifs (C(OH)–C–C–N with tert-alkyl or cyclic N) is 1. The predicted molar refractivity (Wildman–Crippen MR) is 106 cm³/mol. The van der Waals surface area contributed by atoms with Gasteiger partial charge in [0.25, 0.3) is 5.91 Å². The lowest BCUT2D eigenvalue weighted by Crippen LogP contribution is -2.34. The molecule has 0 saturated carbocycles. The largest absolute Gasteiger partial charge is 0.383 e. The summed E-state index contributed by atoms with van der Waals surface area (Å²) in [7, 11) is 0. The quantitative estimate of drug-likeness (QED) is 0.904. The minimum Gasteiger partial charge on any atom is -0.383 e. The molecular formula is C23H28N2O2. The number of nitrogens with zero attached hydrogens (tertiary/aromatic N) is 2. The summed E-state index contributed by atoms with van der Waals surface area (Å²) in [6.07, 6.45) is 4.50. The molecule has 2 saturated heterocycles. The molecular weight excluding hydrogens is 336 g/mol. The molecule has 0 spiro atoms. The topological polar surface area (TPSA) is 43.8 Å². The Morgan fingerprint density at radius 2 is 1.63 bits per heavy atom.